The van der Waals surface area contributed by atoms with E-state index >= 15 is 0 Å². The number of fused-ring (bicyclic) bond motifs is 5. The Morgan fingerprint density at radius 1 is 0.294 bits per heavy atom. The highest BCUT2D eigenvalue weighted by Crippen LogP contribution is 2.44. The molecule has 5 heteroatoms. The lowest BCUT2D eigenvalue weighted by molar-refractivity contribution is 1.21. The molecule has 0 amide bonds. The van der Waals surface area contributed by atoms with E-state index in [0.29, 0.717) is 0 Å². The van der Waals surface area contributed by atoms with E-state index in [1.807, 2.05) is 0 Å². The minimum Gasteiger partial charge on any atom is -0.311 e. The smallest absolute Gasteiger partial charge is 0.184 e. The van der Waals surface area contributed by atoms with Crippen LogP contribution < -0.4 is 51.3 Å². The van der Waals surface area contributed by atoms with Gasteiger partial charge in [-0.25, -0.2) is 4.98 Å². The lowest BCUT2D eigenvalue weighted by Crippen LogP contribution is -2.77. The van der Waals surface area contributed by atoms with E-state index in [0.717, 1.165) is 33.5 Å². The van der Waals surface area contributed by atoms with Crippen molar-refractivity contribution in [2.45, 2.75) is 0 Å². The summed E-state index contributed by atoms with van der Waals surface area (Å²) in [6.07, 6.45) is 0. The van der Waals surface area contributed by atoms with Crippen LogP contribution in [0.1, 0.15) is 0 Å². The average molecular weight is 900 g/mol. The molecule has 0 bridgehead atoms. The zero-order chi connectivity index (χ0) is 45.1. The number of nitrogens with zero attached hydrogens (tertiary/aromatic N) is 3. The van der Waals surface area contributed by atoms with Crippen molar-refractivity contribution >= 4 is 103 Å². The summed E-state index contributed by atoms with van der Waals surface area (Å²) in [6.45, 7) is 0. The second-order valence-corrected chi connectivity index (χ2v) is 25.3. The minimum atomic E-state index is -2.79. The Morgan fingerprint density at radius 3 is 1.03 bits per heavy atom. The predicted octanol–water partition coefficient (Wildman–Crippen LogP) is 10.2. The monoisotopic (exact) mass is 899 g/mol. The SMILES string of the molecule is c1ccc(-c2cc(N3c4ccccc4[Si](c4ccccc4)(c4ccccc4)c4ccccc43)nc3ccc(N4c5ccccc5[Si](c5ccccc5)(c5ccccc5)c5ccccc54)cc23)cc1. The fraction of sp³-hybridized carbons (Fsp3) is 0. The molecule has 1 aromatic heterocycles. The molecule has 0 unspecified atom stereocenters. The summed E-state index contributed by atoms with van der Waals surface area (Å²) in [7, 11) is -5.56. The van der Waals surface area contributed by atoms with Crippen LogP contribution in [0.15, 0.2) is 273 Å². The zero-order valence-electron chi connectivity index (χ0n) is 37.3. The van der Waals surface area contributed by atoms with Gasteiger partial charge in [0.2, 0.25) is 0 Å². The predicted molar refractivity (Wildman–Crippen MR) is 291 cm³/mol. The Hall–Kier alpha value is -8.36. The van der Waals surface area contributed by atoms with Crippen LogP contribution in [0.3, 0.4) is 0 Å². The number of pyridine rings is 1. The van der Waals surface area contributed by atoms with Gasteiger partial charge in [0.15, 0.2) is 16.1 Å². The van der Waals surface area contributed by atoms with Crippen LogP contribution in [0.25, 0.3) is 22.0 Å². The third kappa shape index (κ3) is 5.93. The first kappa shape index (κ1) is 40.0. The molecule has 320 valence electrons. The van der Waals surface area contributed by atoms with Crippen LogP contribution in [0.2, 0.25) is 0 Å². The maximum absolute atomic E-state index is 5.68. The lowest BCUT2D eigenvalue weighted by Gasteiger charge is -2.45. The number of para-hydroxylation sites is 4. The first-order chi connectivity index (χ1) is 33.8. The topological polar surface area (TPSA) is 19.4 Å². The van der Waals surface area contributed by atoms with Gasteiger partial charge in [-0.15, -0.1) is 0 Å². The van der Waals surface area contributed by atoms with Crippen LogP contribution in [-0.4, -0.2) is 21.1 Å². The Labute approximate surface area is 399 Å². The highest BCUT2D eigenvalue weighted by atomic mass is 28.3. The number of benzene rings is 10. The number of rotatable bonds is 7. The lowest BCUT2D eigenvalue weighted by atomic mass is 9.99. The van der Waals surface area contributed by atoms with Crippen molar-refractivity contribution in [3.63, 3.8) is 0 Å². The van der Waals surface area contributed by atoms with Crippen LogP contribution >= 0.6 is 0 Å². The summed E-state index contributed by atoms with van der Waals surface area (Å²) in [4.78, 5) is 10.6. The molecule has 13 rings (SSSR count). The highest BCUT2D eigenvalue weighted by Gasteiger charge is 2.50. The van der Waals surface area contributed by atoms with Gasteiger partial charge < -0.3 is 4.90 Å². The van der Waals surface area contributed by atoms with Crippen LogP contribution in [0.4, 0.5) is 34.3 Å². The molecular weight excluding hydrogens is 855 g/mol. The van der Waals surface area contributed by atoms with Gasteiger partial charge in [0.05, 0.1) is 5.52 Å². The van der Waals surface area contributed by atoms with Crippen molar-refractivity contribution in [1.82, 2.24) is 4.98 Å². The molecule has 2 aliphatic rings. The molecule has 0 aliphatic carbocycles. The fourth-order valence-electron chi connectivity index (χ4n) is 11.7. The maximum Gasteiger partial charge on any atom is 0.184 e. The number of aromatic nitrogens is 1. The second kappa shape index (κ2) is 16.2. The molecule has 0 fully saturated rings. The summed E-state index contributed by atoms with van der Waals surface area (Å²) in [5.41, 5.74) is 9.08. The molecule has 10 aromatic carbocycles. The van der Waals surface area contributed by atoms with Crippen molar-refractivity contribution < 1.29 is 0 Å². The molecule has 2 aliphatic heterocycles. The summed E-state index contributed by atoms with van der Waals surface area (Å²) >= 11 is 0. The van der Waals surface area contributed by atoms with E-state index in [9.17, 15) is 0 Å². The van der Waals surface area contributed by atoms with Crippen molar-refractivity contribution in [2.75, 3.05) is 9.80 Å². The average Bonchev–Trinajstić information content (AvgIpc) is 3.42. The van der Waals surface area contributed by atoms with Gasteiger partial charge >= 0.3 is 0 Å². The number of hydrogen-bond donors (Lipinski definition) is 0. The van der Waals surface area contributed by atoms with E-state index in [-0.39, 0.29) is 0 Å². The first-order valence-corrected chi connectivity index (χ1v) is 27.5. The van der Waals surface area contributed by atoms with Gasteiger partial charge in [-0.2, -0.15) is 0 Å². The van der Waals surface area contributed by atoms with Crippen LogP contribution in [0, 0.1) is 0 Å². The standard InChI is InChI=1S/C63H45N3Si2/c1-6-24-46(25-7-1)52-45-63(66-57-36-18-22-40-61(57)68(50-30-12-4-13-31-50,51-32-14-5-15-33-51)62-41-23-19-37-58(62)66)64-54-43-42-47(44-53(52)54)65-55-34-16-20-38-59(55)67(48-26-8-2-9-27-48,49-28-10-3-11-29-49)60-39-21-17-35-56(60)65/h1-45H. The molecule has 0 spiro atoms. The molecule has 68 heavy (non-hydrogen) atoms. The quantitative estimate of drug-likeness (QED) is 0.149. The Bertz CT molecular complexity index is 3460. The molecule has 3 heterocycles. The minimum absolute atomic E-state index is 0.892. The first-order valence-electron chi connectivity index (χ1n) is 23.5. The van der Waals surface area contributed by atoms with Gasteiger partial charge in [-0.3, -0.25) is 4.90 Å². The van der Waals surface area contributed by atoms with Crippen LogP contribution in [-0.2, 0) is 0 Å². The number of hydrogen-bond acceptors (Lipinski definition) is 3. The van der Waals surface area contributed by atoms with Crippen molar-refractivity contribution in [3.8, 4) is 11.1 Å². The third-order valence-electron chi connectivity index (χ3n) is 14.4. The van der Waals surface area contributed by atoms with Crippen molar-refractivity contribution in [3.05, 3.63) is 273 Å². The molecule has 0 saturated carbocycles. The fourth-order valence-corrected chi connectivity index (χ4v) is 21.9. The Kier molecular flexibility index (Phi) is 9.53. The Balaban J connectivity index is 1.04. The Morgan fingerprint density at radius 2 is 0.632 bits per heavy atom. The zero-order valence-corrected chi connectivity index (χ0v) is 39.3. The van der Waals surface area contributed by atoms with E-state index in [4.69, 9.17) is 4.98 Å². The van der Waals surface area contributed by atoms with Gasteiger partial charge in [0.1, 0.15) is 5.82 Å². The molecule has 0 radical (unpaired) electrons. The second-order valence-electron chi connectivity index (χ2n) is 17.8. The normalized spacial score (nSPS) is 14.1. The van der Waals surface area contributed by atoms with Gasteiger partial charge in [-0.1, -0.05) is 224 Å². The molecule has 0 atom stereocenters. The molecule has 0 saturated heterocycles. The van der Waals surface area contributed by atoms with Crippen molar-refractivity contribution in [2.24, 2.45) is 0 Å². The number of anilines is 6. The summed E-state index contributed by atoms with van der Waals surface area (Å²) in [6, 6.07) is 101. The summed E-state index contributed by atoms with van der Waals surface area (Å²) in [5.74, 6) is 0.892. The van der Waals surface area contributed by atoms with E-state index in [1.54, 1.807) is 0 Å². The van der Waals surface area contributed by atoms with Crippen LogP contribution in [0.5, 0.6) is 0 Å². The summed E-state index contributed by atoms with van der Waals surface area (Å²) in [5, 5.41) is 12.0. The van der Waals surface area contributed by atoms with Gasteiger partial charge in [-0.05, 0) is 101 Å². The maximum atomic E-state index is 5.68. The molecular formula is C63H45N3Si2. The van der Waals surface area contributed by atoms with Gasteiger partial charge in [0.25, 0.3) is 0 Å². The molecule has 11 aromatic rings. The highest BCUT2D eigenvalue weighted by molar-refractivity contribution is 7.22. The van der Waals surface area contributed by atoms with Crippen molar-refractivity contribution in [1.29, 1.82) is 0 Å². The third-order valence-corrected chi connectivity index (χ3v) is 24.1. The largest absolute Gasteiger partial charge is 0.311 e. The van der Waals surface area contributed by atoms with E-state index < -0.39 is 16.1 Å². The summed E-state index contributed by atoms with van der Waals surface area (Å²) < 4.78 is 0. The molecule has 0 N–H and O–H groups in total. The van der Waals surface area contributed by atoms with E-state index in [2.05, 4.69) is 283 Å². The van der Waals surface area contributed by atoms with Gasteiger partial charge in [0, 0.05) is 33.8 Å². The van der Waals surface area contributed by atoms with E-state index in [1.165, 1.54) is 64.2 Å². The molecule has 3 nitrogen and oxygen atoms in total.